The smallest absolute Gasteiger partial charge is 0.311 e. The molecule has 5 nitrogen and oxygen atoms in total. The minimum atomic E-state index is -0.351. The van der Waals surface area contributed by atoms with Gasteiger partial charge in [-0.05, 0) is 44.1 Å². The Morgan fingerprint density at radius 2 is 1.79 bits per heavy atom. The van der Waals surface area contributed by atoms with Gasteiger partial charge >= 0.3 is 5.97 Å². The van der Waals surface area contributed by atoms with Gasteiger partial charge in [-0.2, -0.15) is 0 Å². The average molecular weight is 451 g/mol. The van der Waals surface area contributed by atoms with Crippen molar-refractivity contribution in [3.8, 4) is 0 Å². The molecule has 178 valence electrons. The molecule has 0 aromatic heterocycles. The molecule has 3 aliphatic heterocycles. The number of epoxide rings is 1. The number of carbonyl (C=O) groups is 1. The molecule has 1 spiro atoms. The van der Waals surface area contributed by atoms with Crippen molar-refractivity contribution in [1.29, 1.82) is 0 Å². The summed E-state index contributed by atoms with van der Waals surface area (Å²) >= 11 is 0. The molecular weight excluding hydrogens is 412 g/mol. The summed E-state index contributed by atoms with van der Waals surface area (Å²) in [7, 11) is 0. The van der Waals surface area contributed by atoms with Gasteiger partial charge in [0.05, 0.1) is 11.5 Å². The third kappa shape index (κ3) is 3.67. The van der Waals surface area contributed by atoms with Crippen LogP contribution in [0.15, 0.2) is 36.4 Å². The quantitative estimate of drug-likeness (QED) is 0.504. The van der Waals surface area contributed by atoms with Crippen molar-refractivity contribution in [3.05, 3.63) is 42.0 Å². The number of hydrogen-bond donors (Lipinski definition) is 0. The van der Waals surface area contributed by atoms with Crippen LogP contribution in [0.4, 0.5) is 0 Å². The highest BCUT2D eigenvalue weighted by Crippen LogP contribution is 2.66. The number of ether oxygens (including phenoxy) is 2. The van der Waals surface area contributed by atoms with E-state index in [2.05, 4.69) is 66.1 Å². The third-order valence-corrected chi connectivity index (χ3v) is 9.48. The first-order valence-electron chi connectivity index (χ1n) is 13.1. The Bertz CT molecular complexity index is 911. The van der Waals surface area contributed by atoms with Gasteiger partial charge in [0, 0.05) is 51.1 Å². The number of nitrogens with zero attached hydrogens (tertiary/aromatic N) is 2. The zero-order valence-electron chi connectivity index (χ0n) is 20.1. The monoisotopic (exact) mass is 450 g/mol. The molecule has 7 atom stereocenters. The molecule has 3 saturated heterocycles. The fraction of sp³-hybridized carbons (Fsp3) is 0.679. The van der Waals surface area contributed by atoms with Crippen molar-refractivity contribution in [1.82, 2.24) is 9.80 Å². The summed E-state index contributed by atoms with van der Waals surface area (Å²) in [4.78, 5) is 18.3. The molecule has 0 bridgehead atoms. The zero-order valence-corrected chi connectivity index (χ0v) is 20.1. The SMILES string of the molecule is C[C@@H]1CC[C@@H]2[C@H](CN3CCN(C/C=C/c4ccccc4)CC3)C(=O)O[C@]23[C@@H]1CC[C@]1(C)O[C@H]31. The van der Waals surface area contributed by atoms with Crippen LogP contribution in [0, 0.1) is 23.7 Å². The maximum absolute atomic E-state index is 13.3. The molecule has 33 heavy (non-hydrogen) atoms. The maximum Gasteiger partial charge on any atom is 0.311 e. The van der Waals surface area contributed by atoms with Crippen LogP contribution < -0.4 is 0 Å². The Balaban J connectivity index is 1.08. The van der Waals surface area contributed by atoms with Crippen LogP contribution in [0.3, 0.4) is 0 Å². The van der Waals surface area contributed by atoms with E-state index in [1.54, 1.807) is 0 Å². The Kier molecular flexibility index (Phi) is 5.43. The first-order chi connectivity index (χ1) is 16.0. The number of hydrogen-bond acceptors (Lipinski definition) is 5. The topological polar surface area (TPSA) is 45.3 Å². The third-order valence-electron chi connectivity index (χ3n) is 9.48. The lowest BCUT2D eigenvalue weighted by atomic mass is 9.55. The number of esters is 1. The van der Waals surface area contributed by atoms with E-state index < -0.39 is 0 Å². The summed E-state index contributed by atoms with van der Waals surface area (Å²) in [5.74, 6) is 1.47. The highest BCUT2D eigenvalue weighted by molar-refractivity contribution is 5.77. The van der Waals surface area contributed by atoms with Crippen LogP contribution in [0.2, 0.25) is 0 Å². The largest absolute Gasteiger partial charge is 0.455 e. The summed E-state index contributed by atoms with van der Waals surface area (Å²) < 4.78 is 12.7. The van der Waals surface area contributed by atoms with E-state index in [0.29, 0.717) is 17.8 Å². The van der Waals surface area contributed by atoms with Crippen molar-refractivity contribution in [2.45, 2.75) is 56.8 Å². The van der Waals surface area contributed by atoms with Crippen LogP contribution in [-0.4, -0.2) is 72.3 Å². The molecule has 5 heteroatoms. The summed E-state index contributed by atoms with van der Waals surface area (Å²) in [6, 6.07) is 10.5. The van der Waals surface area contributed by atoms with Gasteiger partial charge in [0.2, 0.25) is 0 Å². The van der Waals surface area contributed by atoms with E-state index in [1.807, 2.05) is 0 Å². The van der Waals surface area contributed by atoms with Crippen LogP contribution in [-0.2, 0) is 14.3 Å². The fourth-order valence-electron chi connectivity index (χ4n) is 7.60. The van der Waals surface area contributed by atoms with Crippen LogP contribution >= 0.6 is 0 Å². The van der Waals surface area contributed by atoms with Crippen molar-refractivity contribution in [2.75, 3.05) is 39.3 Å². The van der Waals surface area contributed by atoms with Gasteiger partial charge in [0.15, 0.2) is 0 Å². The van der Waals surface area contributed by atoms with E-state index in [4.69, 9.17) is 9.47 Å². The van der Waals surface area contributed by atoms with Crippen molar-refractivity contribution < 1.29 is 14.3 Å². The lowest BCUT2D eigenvalue weighted by Gasteiger charge is -2.50. The number of benzene rings is 1. The van der Waals surface area contributed by atoms with Gasteiger partial charge in [0.1, 0.15) is 11.7 Å². The molecule has 5 fully saturated rings. The van der Waals surface area contributed by atoms with E-state index >= 15 is 0 Å². The van der Waals surface area contributed by atoms with Gasteiger partial charge in [-0.1, -0.05) is 49.4 Å². The minimum Gasteiger partial charge on any atom is -0.455 e. The molecule has 0 N–H and O–H groups in total. The van der Waals surface area contributed by atoms with Crippen LogP contribution in [0.5, 0.6) is 0 Å². The summed E-state index contributed by atoms with van der Waals surface area (Å²) in [5.41, 5.74) is 0.847. The molecule has 6 rings (SSSR count). The first-order valence-corrected chi connectivity index (χ1v) is 13.1. The number of fused-ring (bicyclic) bond motifs is 1. The van der Waals surface area contributed by atoms with Crippen molar-refractivity contribution in [2.24, 2.45) is 23.7 Å². The standard InChI is InChI=1S/C28H38N2O3/c1-20-10-11-24-22(25(31)32-28(24)23(20)12-13-27(2)26(28)33-27)19-30-17-15-29(16-18-30)14-6-9-21-7-4-3-5-8-21/h3-9,20,22-24,26H,10-19H2,1-2H3/b9-6+/t20-,22+,23-,24-,26+,27+,28-/m1/s1. The maximum atomic E-state index is 13.3. The second-order valence-corrected chi connectivity index (χ2v) is 11.4. The highest BCUT2D eigenvalue weighted by Gasteiger charge is 2.77. The molecule has 0 radical (unpaired) electrons. The molecule has 5 aliphatic rings. The second kappa shape index (κ2) is 8.21. The normalized spacial score (nSPS) is 43.1. The van der Waals surface area contributed by atoms with Gasteiger partial charge in [-0.25, -0.2) is 0 Å². The summed E-state index contributed by atoms with van der Waals surface area (Å²) in [5, 5.41) is 0. The minimum absolute atomic E-state index is 0.0103. The molecule has 3 heterocycles. The molecular formula is C28H38N2O3. The van der Waals surface area contributed by atoms with E-state index in [9.17, 15) is 4.79 Å². The Morgan fingerprint density at radius 1 is 1.03 bits per heavy atom. The fourth-order valence-corrected chi connectivity index (χ4v) is 7.60. The summed E-state index contributed by atoms with van der Waals surface area (Å²) in [6.45, 7) is 10.6. The number of carbonyl (C=O) groups excluding carboxylic acids is 1. The first kappa shape index (κ1) is 21.8. The van der Waals surface area contributed by atoms with Crippen molar-refractivity contribution in [3.63, 3.8) is 0 Å². The molecule has 2 aliphatic carbocycles. The van der Waals surface area contributed by atoms with Crippen LogP contribution in [0.25, 0.3) is 6.08 Å². The van der Waals surface area contributed by atoms with Crippen molar-refractivity contribution >= 4 is 12.0 Å². The molecule has 1 aromatic rings. The Hall–Kier alpha value is -1.69. The van der Waals surface area contributed by atoms with E-state index in [1.165, 1.54) is 12.0 Å². The average Bonchev–Trinajstić information content (AvgIpc) is 3.45. The lowest BCUT2D eigenvalue weighted by Crippen LogP contribution is -2.58. The second-order valence-electron chi connectivity index (χ2n) is 11.4. The zero-order chi connectivity index (χ0) is 22.6. The Labute approximate surface area is 198 Å². The molecule has 0 amide bonds. The predicted molar refractivity (Wildman–Crippen MR) is 129 cm³/mol. The predicted octanol–water partition coefficient (Wildman–Crippen LogP) is 3.84. The van der Waals surface area contributed by atoms with Gasteiger partial charge in [-0.15, -0.1) is 0 Å². The number of piperazine rings is 1. The number of rotatable bonds is 5. The van der Waals surface area contributed by atoms with Gasteiger partial charge in [0.25, 0.3) is 0 Å². The highest BCUT2D eigenvalue weighted by atomic mass is 16.7. The molecule has 1 aromatic carbocycles. The van der Waals surface area contributed by atoms with Gasteiger partial charge < -0.3 is 9.47 Å². The van der Waals surface area contributed by atoms with E-state index in [-0.39, 0.29) is 29.2 Å². The van der Waals surface area contributed by atoms with Gasteiger partial charge in [-0.3, -0.25) is 14.6 Å². The lowest BCUT2D eigenvalue weighted by molar-refractivity contribution is -0.168. The summed E-state index contributed by atoms with van der Waals surface area (Å²) in [6.07, 6.45) is 9.17. The molecule has 2 saturated carbocycles. The Morgan fingerprint density at radius 3 is 2.58 bits per heavy atom. The van der Waals surface area contributed by atoms with E-state index in [0.717, 1.165) is 58.5 Å². The van der Waals surface area contributed by atoms with Crippen LogP contribution in [0.1, 0.15) is 45.1 Å². The molecule has 0 unspecified atom stereocenters.